The van der Waals surface area contributed by atoms with Gasteiger partial charge in [-0.2, -0.15) is 17.9 Å². The van der Waals surface area contributed by atoms with E-state index in [-0.39, 0.29) is 18.0 Å². The van der Waals surface area contributed by atoms with Crippen molar-refractivity contribution in [2.45, 2.75) is 24.0 Å². The summed E-state index contributed by atoms with van der Waals surface area (Å²) in [6.07, 6.45) is -4.44. The first-order valence-corrected chi connectivity index (χ1v) is 10.9. The van der Waals surface area contributed by atoms with E-state index in [2.05, 4.69) is 4.72 Å². The smallest absolute Gasteiger partial charge is 0.368 e. The van der Waals surface area contributed by atoms with Gasteiger partial charge in [-0.25, -0.2) is 12.8 Å². The lowest BCUT2D eigenvalue weighted by Crippen LogP contribution is -2.54. The van der Waals surface area contributed by atoms with E-state index >= 15 is 0 Å². The Balaban J connectivity index is 1.60. The Kier molecular flexibility index (Phi) is 6.56. The minimum atomic E-state index is -4.44. The number of anilines is 1. The molecule has 1 heterocycles. The van der Waals surface area contributed by atoms with Crippen molar-refractivity contribution in [2.24, 2.45) is 0 Å². The van der Waals surface area contributed by atoms with Gasteiger partial charge in [0.25, 0.3) is 0 Å². The van der Waals surface area contributed by atoms with E-state index < -0.39 is 39.5 Å². The molecule has 1 aliphatic heterocycles. The van der Waals surface area contributed by atoms with Crippen LogP contribution < -0.4 is 9.62 Å². The van der Waals surface area contributed by atoms with Gasteiger partial charge in [-0.15, -0.1) is 0 Å². The number of hydrogen-bond donors (Lipinski definition) is 1. The molecule has 0 bridgehead atoms. The molecule has 1 atom stereocenters. The van der Waals surface area contributed by atoms with Crippen LogP contribution >= 0.6 is 0 Å². The molecule has 0 aromatic heterocycles. The molecule has 1 amide bonds. The second kappa shape index (κ2) is 8.83. The predicted molar refractivity (Wildman–Crippen MR) is 106 cm³/mol. The lowest BCUT2D eigenvalue weighted by Gasteiger charge is -2.37. The van der Waals surface area contributed by atoms with E-state index in [1.54, 1.807) is 11.0 Å². The van der Waals surface area contributed by atoms with Gasteiger partial charge in [0, 0.05) is 31.9 Å². The van der Waals surface area contributed by atoms with E-state index in [4.69, 9.17) is 0 Å². The lowest BCUT2D eigenvalue weighted by atomic mass is 10.1. The topological polar surface area (TPSA) is 69.7 Å². The molecule has 168 valence electrons. The van der Waals surface area contributed by atoms with Crippen molar-refractivity contribution in [3.63, 3.8) is 0 Å². The standard InChI is InChI=1S/C20H21F4N3O3S/c1-14(25-31(29,30)18-7-5-16(21)6-8-18)19(28)27-11-9-26(10-12-27)17-4-2-3-15(13-17)20(22,23)24/h2-8,13-14,25H,9-12H2,1H3/t14-/m1/s1. The Morgan fingerprint density at radius 3 is 2.23 bits per heavy atom. The van der Waals surface area contributed by atoms with Gasteiger partial charge < -0.3 is 9.80 Å². The van der Waals surface area contributed by atoms with Crippen molar-refractivity contribution < 1.29 is 30.8 Å². The fraction of sp³-hybridized carbons (Fsp3) is 0.350. The second-order valence-corrected chi connectivity index (χ2v) is 8.87. The Hall–Kier alpha value is -2.66. The Morgan fingerprint density at radius 2 is 1.65 bits per heavy atom. The number of carbonyl (C=O) groups excluding carboxylic acids is 1. The van der Waals surface area contributed by atoms with E-state index in [0.29, 0.717) is 18.8 Å². The normalized spacial score (nSPS) is 16.3. The Labute approximate surface area is 177 Å². The van der Waals surface area contributed by atoms with Gasteiger partial charge >= 0.3 is 6.18 Å². The summed E-state index contributed by atoms with van der Waals surface area (Å²) in [6.45, 7) is 2.49. The van der Waals surface area contributed by atoms with Crippen LogP contribution in [0.15, 0.2) is 53.4 Å². The van der Waals surface area contributed by atoms with Crippen molar-refractivity contribution in [1.29, 1.82) is 0 Å². The Morgan fingerprint density at radius 1 is 1.03 bits per heavy atom. The summed E-state index contributed by atoms with van der Waals surface area (Å²) < 4.78 is 78.8. The largest absolute Gasteiger partial charge is 0.416 e. The number of amides is 1. The van der Waals surface area contributed by atoms with Crippen LogP contribution in [-0.4, -0.2) is 51.4 Å². The van der Waals surface area contributed by atoms with Crippen molar-refractivity contribution in [2.75, 3.05) is 31.1 Å². The first kappa shape index (κ1) is 23.0. The summed E-state index contributed by atoms with van der Waals surface area (Å²) >= 11 is 0. The van der Waals surface area contributed by atoms with E-state index in [0.717, 1.165) is 36.4 Å². The minimum Gasteiger partial charge on any atom is -0.368 e. The summed E-state index contributed by atoms with van der Waals surface area (Å²) in [4.78, 5) is 15.7. The lowest BCUT2D eigenvalue weighted by molar-refractivity contribution is -0.137. The second-order valence-electron chi connectivity index (χ2n) is 7.16. The van der Waals surface area contributed by atoms with Crippen LogP contribution in [0.1, 0.15) is 12.5 Å². The van der Waals surface area contributed by atoms with E-state index in [9.17, 15) is 30.8 Å². The zero-order chi connectivity index (χ0) is 22.8. The van der Waals surface area contributed by atoms with Crippen molar-refractivity contribution >= 4 is 21.6 Å². The molecule has 1 saturated heterocycles. The quantitative estimate of drug-likeness (QED) is 0.699. The van der Waals surface area contributed by atoms with Crippen LogP contribution in [0.5, 0.6) is 0 Å². The first-order chi connectivity index (χ1) is 14.5. The van der Waals surface area contributed by atoms with Crippen LogP contribution in [0.2, 0.25) is 0 Å². The number of carbonyl (C=O) groups is 1. The molecule has 0 unspecified atom stereocenters. The molecule has 0 spiro atoms. The van der Waals surface area contributed by atoms with Crippen LogP contribution in [0.3, 0.4) is 0 Å². The van der Waals surface area contributed by atoms with Crippen molar-refractivity contribution in [1.82, 2.24) is 9.62 Å². The van der Waals surface area contributed by atoms with Crippen LogP contribution in [0.4, 0.5) is 23.2 Å². The molecule has 1 fully saturated rings. The van der Waals surface area contributed by atoms with Gasteiger partial charge in [0.05, 0.1) is 16.5 Å². The number of benzene rings is 2. The summed E-state index contributed by atoms with van der Waals surface area (Å²) in [5, 5.41) is 0. The number of nitrogens with one attached hydrogen (secondary N) is 1. The SMILES string of the molecule is C[C@@H](NS(=O)(=O)c1ccc(F)cc1)C(=O)N1CCN(c2cccc(C(F)(F)F)c2)CC1. The monoisotopic (exact) mass is 459 g/mol. The first-order valence-electron chi connectivity index (χ1n) is 9.46. The number of halogens is 4. The number of nitrogens with zero attached hydrogens (tertiary/aromatic N) is 2. The molecule has 3 rings (SSSR count). The van der Waals surface area contributed by atoms with Gasteiger partial charge in [0.2, 0.25) is 15.9 Å². The third-order valence-corrected chi connectivity index (χ3v) is 6.51. The highest BCUT2D eigenvalue weighted by Crippen LogP contribution is 2.31. The highest BCUT2D eigenvalue weighted by molar-refractivity contribution is 7.89. The van der Waals surface area contributed by atoms with Crippen molar-refractivity contribution in [3.8, 4) is 0 Å². The summed E-state index contributed by atoms with van der Waals surface area (Å²) in [5.41, 5.74) is -0.334. The molecular formula is C20H21F4N3O3S. The van der Waals surface area contributed by atoms with Gasteiger partial charge in [0.15, 0.2) is 0 Å². The number of sulfonamides is 1. The predicted octanol–water partition coefficient (Wildman–Crippen LogP) is 2.86. The highest BCUT2D eigenvalue weighted by Gasteiger charge is 2.32. The maximum atomic E-state index is 13.0. The molecular weight excluding hydrogens is 438 g/mol. The molecule has 0 saturated carbocycles. The highest BCUT2D eigenvalue weighted by atomic mass is 32.2. The molecule has 6 nitrogen and oxygen atoms in total. The fourth-order valence-corrected chi connectivity index (χ4v) is 4.50. The fourth-order valence-electron chi connectivity index (χ4n) is 3.30. The summed E-state index contributed by atoms with van der Waals surface area (Å²) in [5.74, 6) is -1.03. The summed E-state index contributed by atoms with van der Waals surface area (Å²) in [7, 11) is -4.01. The van der Waals surface area contributed by atoms with Gasteiger partial charge in [-0.05, 0) is 49.4 Å². The number of piperazine rings is 1. The van der Waals surface area contributed by atoms with Gasteiger partial charge in [0.1, 0.15) is 5.82 Å². The average Bonchev–Trinajstić information content (AvgIpc) is 2.73. The molecule has 2 aromatic carbocycles. The number of hydrogen-bond acceptors (Lipinski definition) is 4. The van der Waals surface area contributed by atoms with Gasteiger partial charge in [-0.3, -0.25) is 4.79 Å². The van der Waals surface area contributed by atoms with Crippen molar-refractivity contribution in [3.05, 3.63) is 59.9 Å². The minimum absolute atomic E-state index is 0.164. The Bertz CT molecular complexity index is 1030. The number of alkyl halides is 3. The van der Waals surface area contributed by atoms with Gasteiger partial charge in [-0.1, -0.05) is 6.07 Å². The van der Waals surface area contributed by atoms with Crippen LogP contribution in [-0.2, 0) is 21.0 Å². The third-order valence-electron chi connectivity index (χ3n) is 4.96. The average molecular weight is 459 g/mol. The van der Waals surface area contributed by atoms with Crippen LogP contribution in [0, 0.1) is 5.82 Å². The maximum absolute atomic E-state index is 13.0. The van der Waals surface area contributed by atoms with Crippen LogP contribution in [0.25, 0.3) is 0 Å². The third kappa shape index (κ3) is 5.53. The molecule has 1 aliphatic rings. The zero-order valence-electron chi connectivity index (χ0n) is 16.6. The maximum Gasteiger partial charge on any atom is 0.416 e. The molecule has 31 heavy (non-hydrogen) atoms. The molecule has 0 aliphatic carbocycles. The molecule has 2 aromatic rings. The molecule has 1 N–H and O–H groups in total. The zero-order valence-corrected chi connectivity index (χ0v) is 17.4. The molecule has 11 heteroatoms. The molecule has 0 radical (unpaired) electrons. The van der Waals surface area contributed by atoms with E-state index in [1.807, 2.05) is 0 Å². The van der Waals surface area contributed by atoms with E-state index in [1.165, 1.54) is 17.9 Å². The summed E-state index contributed by atoms with van der Waals surface area (Å²) in [6, 6.07) is 8.13. The number of rotatable bonds is 5.